The Morgan fingerprint density at radius 1 is 1.29 bits per heavy atom. The summed E-state index contributed by atoms with van der Waals surface area (Å²) in [6.45, 7) is 3.87. The fraction of sp³-hybridized carbons (Fsp3) is 0.167. The summed E-state index contributed by atoms with van der Waals surface area (Å²) in [4.78, 5) is 10.7. The molecule has 0 unspecified atom stereocenters. The SMILES string of the molecule is Cc1nn(-c2ccc(C(=O)O)cc2)c(C)c1Br. The molecule has 0 saturated carbocycles. The Morgan fingerprint density at radius 3 is 2.29 bits per heavy atom. The molecule has 0 radical (unpaired) electrons. The van der Waals surface area contributed by atoms with Gasteiger partial charge in [0.05, 0.1) is 27.1 Å². The van der Waals surface area contributed by atoms with E-state index in [0.29, 0.717) is 0 Å². The first-order valence-corrected chi connectivity index (χ1v) is 5.85. The Hall–Kier alpha value is -1.62. The van der Waals surface area contributed by atoms with Gasteiger partial charge in [0.1, 0.15) is 0 Å². The topological polar surface area (TPSA) is 55.1 Å². The standard InChI is InChI=1S/C12H11BrN2O2/c1-7-11(13)8(2)15(14-7)10-5-3-9(4-6-10)12(16)17/h3-6H,1-2H3,(H,16,17). The smallest absolute Gasteiger partial charge is 0.335 e. The van der Waals surface area contributed by atoms with Crippen LogP contribution in [0.3, 0.4) is 0 Å². The molecule has 0 aliphatic heterocycles. The number of carboxylic acids is 1. The van der Waals surface area contributed by atoms with E-state index in [1.165, 1.54) is 0 Å². The third-order valence-corrected chi connectivity index (χ3v) is 3.71. The van der Waals surface area contributed by atoms with Gasteiger partial charge in [-0.3, -0.25) is 0 Å². The Bertz CT molecular complexity index is 573. The van der Waals surface area contributed by atoms with Crippen LogP contribution in [0.5, 0.6) is 0 Å². The Labute approximate surface area is 107 Å². The van der Waals surface area contributed by atoms with Crippen molar-refractivity contribution in [1.82, 2.24) is 9.78 Å². The molecule has 0 amide bonds. The van der Waals surface area contributed by atoms with Crippen LogP contribution in [0.4, 0.5) is 0 Å². The molecular weight excluding hydrogens is 284 g/mol. The number of carboxylic acid groups (broad SMARTS) is 1. The molecule has 0 bridgehead atoms. The number of hydrogen-bond acceptors (Lipinski definition) is 2. The van der Waals surface area contributed by atoms with E-state index in [9.17, 15) is 4.79 Å². The number of halogens is 1. The molecule has 0 aliphatic rings. The predicted octanol–water partition coefficient (Wildman–Crippen LogP) is 2.95. The maximum absolute atomic E-state index is 10.7. The highest BCUT2D eigenvalue weighted by atomic mass is 79.9. The van der Waals surface area contributed by atoms with Crippen LogP contribution in [0.25, 0.3) is 5.69 Å². The lowest BCUT2D eigenvalue weighted by molar-refractivity contribution is 0.0697. The number of aryl methyl sites for hydroxylation is 1. The van der Waals surface area contributed by atoms with Gasteiger partial charge in [-0.2, -0.15) is 5.10 Å². The van der Waals surface area contributed by atoms with Crippen molar-refractivity contribution in [3.05, 3.63) is 45.7 Å². The summed E-state index contributed by atoms with van der Waals surface area (Å²) in [5.74, 6) is -0.925. The average Bonchev–Trinajstić information content (AvgIpc) is 2.57. The molecule has 0 saturated heterocycles. The van der Waals surface area contributed by atoms with Gasteiger partial charge in [0, 0.05) is 0 Å². The third-order valence-electron chi connectivity index (χ3n) is 2.56. The Balaban J connectivity index is 2.47. The minimum atomic E-state index is -0.925. The second kappa shape index (κ2) is 4.33. The highest BCUT2D eigenvalue weighted by molar-refractivity contribution is 9.10. The number of hydrogen-bond donors (Lipinski definition) is 1. The number of nitrogens with zero attached hydrogens (tertiary/aromatic N) is 2. The first-order valence-electron chi connectivity index (χ1n) is 5.06. The lowest BCUT2D eigenvalue weighted by atomic mass is 10.2. The largest absolute Gasteiger partial charge is 0.478 e. The maximum atomic E-state index is 10.7. The molecule has 1 N–H and O–H groups in total. The van der Waals surface area contributed by atoms with Crippen LogP contribution in [0.1, 0.15) is 21.7 Å². The van der Waals surface area contributed by atoms with Crippen molar-refractivity contribution < 1.29 is 9.90 Å². The van der Waals surface area contributed by atoms with Gasteiger partial charge in [0.15, 0.2) is 0 Å². The Kier molecular flexibility index (Phi) is 3.02. The normalized spacial score (nSPS) is 10.5. The lowest BCUT2D eigenvalue weighted by Gasteiger charge is -2.04. The predicted molar refractivity (Wildman–Crippen MR) is 67.7 cm³/mol. The molecule has 88 valence electrons. The van der Waals surface area contributed by atoms with Crippen LogP contribution < -0.4 is 0 Å². The summed E-state index contributed by atoms with van der Waals surface area (Å²) in [6, 6.07) is 6.63. The van der Waals surface area contributed by atoms with E-state index >= 15 is 0 Å². The monoisotopic (exact) mass is 294 g/mol. The molecule has 2 aromatic rings. The molecule has 0 fully saturated rings. The van der Waals surface area contributed by atoms with Crippen molar-refractivity contribution in [2.24, 2.45) is 0 Å². The highest BCUT2D eigenvalue weighted by Gasteiger charge is 2.10. The molecule has 0 spiro atoms. The van der Waals surface area contributed by atoms with E-state index in [1.54, 1.807) is 28.9 Å². The van der Waals surface area contributed by atoms with E-state index in [1.807, 2.05) is 13.8 Å². The van der Waals surface area contributed by atoms with Gasteiger partial charge in [0.2, 0.25) is 0 Å². The number of aromatic nitrogens is 2. The van der Waals surface area contributed by atoms with Gasteiger partial charge in [-0.15, -0.1) is 0 Å². The number of carbonyl (C=O) groups is 1. The summed E-state index contributed by atoms with van der Waals surface area (Å²) < 4.78 is 2.75. The zero-order chi connectivity index (χ0) is 12.6. The van der Waals surface area contributed by atoms with E-state index in [0.717, 1.165) is 21.5 Å². The molecule has 2 rings (SSSR count). The van der Waals surface area contributed by atoms with Gasteiger partial charge in [-0.1, -0.05) is 0 Å². The van der Waals surface area contributed by atoms with Crippen molar-refractivity contribution in [2.75, 3.05) is 0 Å². The third kappa shape index (κ3) is 2.10. The van der Waals surface area contributed by atoms with Crippen molar-refractivity contribution in [1.29, 1.82) is 0 Å². The van der Waals surface area contributed by atoms with E-state index in [4.69, 9.17) is 5.11 Å². The van der Waals surface area contributed by atoms with Gasteiger partial charge in [-0.05, 0) is 54.0 Å². The van der Waals surface area contributed by atoms with Crippen LogP contribution >= 0.6 is 15.9 Å². The molecule has 5 heteroatoms. The number of aromatic carboxylic acids is 1. The van der Waals surface area contributed by atoms with Gasteiger partial charge >= 0.3 is 5.97 Å². The first-order chi connectivity index (χ1) is 8.00. The second-order valence-electron chi connectivity index (χ2n) is 3.75. The molecule has 0 aliphatic carbocycles. The molecule has 17 heavy (non-hydrogen) atoms. The van der Waals surface area contributed by atoms with Gasteiger partial charge < -0.3 is 5.11 Å². The van der Waals surface area contributed by atoms with Crippen molar-refractivity contribution in [3.63, 3.8) is 0 Å². The fourth-order valence-electron chi connectivity index (χ4n) is 1.62. The highest BCUT2D eigenvalue weighted by Crippen LogP contribution is 2.22. The molecular formula is C12H11BrN2O2. The first kappa shape index (κ1) is 11.9. The average molecular weight is 295 g/mol. The second-order valence-corrected chi connectivity index (χ2v) is 4.54. The number of benzene rings is 1. The maximum Gasteiger partial charge on any atom is 0.335 e. The number of rotatable bonds is 2. The molecule has 0 atom stereocenters. The minimum Gasteiger partial charge on any atom is -0.478 e. The summed E-state index contributed by atoms with van der Waals surface area (Å²) >= 11 is 3.46. The zero-order valence-electron chi connectivity index (χ0n) is 9.44. The summed E-state index contributed by atoms with van der Waals surface area (Å²) in [5, 5.41) is 13.2. The molecule has 1 aromatic carbocycles. The summed E-state index contributed by atoms with van der Waals surface area (Å²) in [7, 11) is 0. The quantitative estimate of drug-likeness (QED) is 0.926. The molecule has 1 aromatic heterocycles. The summed E-state index contributed by atoms with van der Waals surface area (Å²) in [5.41, 5.74) is 3.02. The van der Waals surface area contributed by atoms with Crippen molar-refractivity contribution in [3.8, 4) is 5.69 Å². The van der Waals surface area contributed by atoms with Crippen LogP contribution in [-0.2, 0) is 0 Å². The van der Waals surface area contributed by atoms with E-state index in [-0.39, 0.29) is 5.56 Å². The van der Waals surface area contributed by atoms with E-state index in [2.05, 4.69) is 21.0 Å². The summed E-state index contributed by atoms with van der Waals surface area (Å²) in [6.07, 6.45) is 0. The van der Waals surface area contributed by atoms with Crippen LogP contribution in [-0.4, -0.2) is 20.9 Å². The minimum absolute atomic E-state index is 0.273. The van der Waals surface area contributed by atoms with Crippen LogP contribution in [0.15, 0.2) is 28.7 Å². The van der Waals surface area contributed by atoms with Crippen LogP contribution in [0, 0.1) is 13.8 Å². The van der Waals surface area contributed by atoms with Gasteiger partial charge in [0.25, 0.3) is 0 Å². The van der Waals surface area contributed by atoms with E-state index < -0.39 is 5.97 Å². The molecule has 4 nitrogen and oxygen atoms in total. The Morgan fingerprint density at radius 2 is 1.88 bits per heavy atom. The zero-order valence-corrected chi connectivity index (χ0v) is 11.0. The lowest BCUT2D eigenvalue weighted by Crippen LogP contribution is -2.01. The van der Waals surface area contributed by atoms with Crippen molar-refractivity contribution in [2.45, 2.75) is 13.8 Å². The molecule has 1 heterocycles. The fourth-order valence-corrected chi connectivity index (χ4v) is 1.87. The van der Waals surface area contributed by atoms with Crippen molar-refractivity contribution >= 4 is 21.9 Å². The van der Waals surface area contributed by atoms with Gasteiger partial charge in [-0.25, -0.2) is 9.48 Å². The van der Waals surface area contributed by atoms with Crippen LogP contribution in [0.2, 0.25) is 0 Å².